The molecule has 2 rings (SSSR count). The zero-order valence-electron chi connectivity index (χ0n) is 11.6. The number of amides is 2. The minimum absolute atomic E-state index is 0.0620. The molecule has 2 aromatic rings. The summed E-state index contributed by atoms with van der Waals surface area (Å²) in [5, 5.41) is 12.8. The van der Waals surface area contributed by atoms with Crippen LogP contribution in [0.25, 0.3) is 10.8 Å². The molecule has 2 aromatic heterocycles. The molecule has 6 nitrogen and oxygen atoms in total. The second-order valence-corrected chi connectivity index (χ2v) is 5.08. The second kappa shape index (κ2) is 7.04. The number of nitrogens with zero attached hydrogens (tertiary/aromatic N) is 3. The summed E-state index contributed by atoms with van der Waals surface area (Å²) in [6.45, 7) is 5.79. The van der Waals surface area contributed by atoms with Crippen LogP contribution in [-0.4, -0.2) is 40.8 Å². The lowest BCUT2D eigenvalue weighted by atomic mass is 10.4. The van der Waals surface area contributed by atoms with E-state index in [0.717, 1.165) is 4.88 Å². The van der Waals surface area contributed by atoms with Crippen LogP contribution < -0.4 is 5.32 Å². The van der Waals surface area contributed by atoms with Crippen molar-refractivity contribution < 1.29 is 9.21 Å². The smallest absolute Gasteiger partial charge is 0.317 e. The van der Waals surface area contributed by atoms with Gasteiger partial charge in [0.1, 0.15) is 0 Å². The fraction of sp³-hybridized carbons (Fsp3) is 0.462. The standard InChI is InChI=1S/C13H18N4O2S/c1-3-17(4-2)13(18)14-8-7-11-15-16-12(19-11)10-6-5-9-20-10/h5-6,9H,3-4,7-8H2,1-2H3,(H,14,18). The van der Waals surface area contributed by atoms with Crippen LogP contribution in [0.2, 0.25) is 0 Å². The molecule has 0 atom stereocenters. The highest BCUT2D eigenvalue weighted by atomic mass is 32.1. The van der Waals surface area contributed by atoms with Crippen LogP contribution in [0, 0.1) is 0 Å². The van der Waals surface area contributed by atoms with Crippen molar-refractivity contribution in [3.8, 4) is 10.8 Å². The van der Waals surface area contributed by atoms with Crippen LogP contribution in [-0.2, 0) is 6.42 Å². The van der Waals surface area contributed by atoms with E-state index in [9.17, 15) is 4.79 Å². The highest BCUT2D eigenvalue weighted by molar-refractivity contribution is 7.13. The fourth-order valence-corrected chi connectivity index (χ4v) is 2.40. The highest BCUT2D eigenvalue weighted by Gasteiger charge is 2.11. The zero-order valence-corrected chi connectivity index (χ0v) is 12.4. The van der Waals surface area contributed by atoms with E-state index in [1.165, 1.54) is 0 Å². The van der Waals surface area contributed by atoms with Crippen molar-refractivity contribution >= 4 is 17.4 Å². The summed E-state index contributed by atoms with van der Waals surface area (Å²) in [6, 6.07) is 3.81. The van der Waals surface area contributed by atoms with Gasteiger partial charge in [-0.1, -0.05) is 6.07 Å². The monoisotopic (exact) mass is 294 g/mol. The Morgan fingerprint density at radius 1 is 1.40 bits per heavy atom. The molecule has 2 heterocycles. The Bertz CT molecular complexity index is 534. The molecule has 0 aliphatic heterocycles. The second-order valence-electron chi connectivity index (χ2n) is 4.13. The summed E-state index contributed by atoms with van der Waals surface area (Å²) >= 11 is 1.56. The number of nitrogens with one attached hydrogen (secondary N) is 1. The van der Waals surface area contributed by atoms with Gasteiger partial charge in [0.2, 0.25) is 5.89 Å². The van der Waals surface area contributed by atoms with Crippen LogP contribution in [0.1, 0.15) is 19.7 Å². The summed E-state index contributed by atoms with van der Waals surface area (Å²) < 4.78 is 5.55. The molecular weight excluding hydrogens is 276 g/mol. The number of carbonyl (C=O) groups is 1. The minimum atomic E-state index is -0.0620. The van der Waals surface area contributed by atoms with Crippen molar-refractivity contribution in [2.75, 3.05) is 19.6 Å². The van der Waals surface area contributed by atoms with Gasteiger partial charge in [-0.3, -0.25) is 0 Å². The SMILES string of the molecule is CCN(CC)C(=O)NCCc1nnc(-c2cccs2)o1. The Kier molecular flexibility index (Phi) is 5.11. The first-order chi connectivity index (χ1) is 9.74. The quantitative estimate of drug-likeness (QED) is 0.888. The Labute approximate surface area is 121 Å². The minimum Gasteiger partial charge on any atom is -0.420 e. The predicted molar refractivity (Wildman–Crippen MR) is 77.6 cm³/mol. The van der Waals surface area contributed by atoms with Crippen molar-refractivity contribution in [3.63, 3.8) is 0 Å². The molecule has 108 valence electrons. The van der Waals surface area contributed by atoms with Crippen molar-refractivity contribution in [2.24, 2.45) is 0 Å². The van der Waals surface area contributed by atoms with Crippen molar-refractivity contribution in [1.29, 1.82) is 0 Å². The molecule has 20 heavy (non-hydrogen) atoms. The lowest BCUT2D eigenvalue weighted by Crippen LogP contribution is -2.40. The van der Waals surface area contributed by atoms with Crippen LogP contribution in [0.15, 0.2) is 21.9 Å². The summed E-state index contributed by atoms with van der Waals surface area (Å²) in [6.07, 6.45) is 0.533. The molecule has 0 aliphatic rings. The lowest BCUT2D eigenvalue weighted by molar-refractivity contribution is 0.203. The third kappa shape index (κ3) is 3.57. The van der Waals surface area contributed by atoms with E-state index in [2.05, 4.69) is 15.5 Å². The molecule has 0 radical (unpaired) electrons. The molecule has 1 N–H and O–H groups in total. The normalized spacial score (nSPS) is 10.5. The number of thiophene rings is 1. The largest absolute Gasteiger partial charge is 0.420 e. The van der Waals surface area contributed by atoms with Gasteiger partial charge in [0.15, 0.2) is 0 Å². The average molecular weight is 294 g/mol. The van der Waals surface area contributed by atoms with Gasteiger partial charge in [0.25, 0.3) is 5.89 Å². The first-order valence-corrected chi connectivity index (χ1v) is 7.51. The molecule has 0 spiro atoms. The highest BCUT2D eigenvalue weighted by Crippen LogP contribution is 2.22. The number of urea groups is 1. The lowest BCUT2D eigenvalue weighted by Gasteiger charge is -2.18. The Morgan fingerprint density at radius 2 is 2.20 bits per heavy atom. The van der Waals surface area contributed by atoms with E-state index in [4.69, 9.17) is 4.42 Å². The van der Waals surface area contributed by atoms with Crippen molar-refractivity contribution in [1.82, 2.24) is 20.4 Å². The molecule has 0 unspecified atom stereocenters. The first kappa shape index (κ1) is 14.5. The molecule has 0 bridgehead atoms. The Balaban J connectivity index is 1.82. The Hall–Kier alpha value is -1.89. The predicted octanol–water partition coefficient (Wildman–Crippen LogP) is 2.39. The van der Waals surface area contributed by atoms with Gasteiger partial charge in [0, 0.05) is 26.1 Å². The number of aromatic nitrogens is 2. The van der Waals surface area contributed by atoms with E-state index in [0.29, 0.717) is 37.8 Å². The van der Waals surface area contributed by atoms with Crippen LogP contribution in [0.3, 0.4) is 0 Å². The number of hydrogen-bond donors (Lipinski definition) is 1. The molecule has 0 aromatic carbocycles. The van der Waals surface area contributed by atoms with Gasteiger partial charge in [-0.15, -0.1) is 21.5 Å². The maximum Gasteiger partial charge on any atom is 0.317 e. The molecule has 7 heteroatoms. The Morgan fingerprint density at radius 3 is 2.85 bits per heavy atom. The topological polar surface area (TPSA) is 71.3 Å². The van der Waals surface area contributed by atoms with Crippen LogP contribution in [0.5, 0.6) is 0 Å². The zero-order chi connectivity index (χ0) is 14.4. The first-order valence-electron chi connectivity index (χ1n) is 6.63. The number of carbonyl (C=O) groups excluding carboxylic acids is 1. The molecule has 2 amide bonds. The van der Waals surface area contributed by atoms with E-state index in [-0.39, 0.29) is 6.03 Å². The van der Waals surface area contributed by atoms with Crippen LogP contribution in [0.4, 0.5) is 4.79 Å². The number of rotatable bonds is 6. The van der Waals surface area contributed by atoms with Gasteiger partial charge in [0.05, 0.1) is 4.88 Å². The summed E-state index contributed by atoms with van der Waals surface area (Å²) in [7, 11) is 0. The molecule has 0 saturated heterocycles. The van der Waals surface area contributed by atoms with Gasteiger partial charge < -0.3 is 14.6 Å². The fourth-order valence-electron chi connectivity index (χ4n) is 1.75. The maximum absolute atomic E-state index is 11.7. The molecule has 0 saturated carbocycles. The maximum atomic E-state index is 11.7. The van der Waals surface area contributed by atoms with E-state index < -0.39 is 0 Å². The van der Waals surface area contributed by atoms with Crippen molar-refractivity contribution in [3.05, 3.63) is 23.4 Å². The summed E-state index contributed by atoms with van der Waals surface area (Å²) in [4.78, 5) is 14.4. The van der Waals surface area contributed by atoms with E-state index in [1.54, 1.807) is 16.2 Å². The third-order valence-electron chi connectivity index (χ3n) is 2.86. The van der Waals surface area contributed by atoms with Crippen LogP contribution >= 0.6 is 11.3 Å². The van der Waals surface area contributed by atoms with Crippen molar-refractivity contribution in [2.45, 2.75) is 20.3 Å². The van der Waals surface area contributed by atoms with Gasteiger partial charge in [-0.2, -0.15) is 0 Å². The summed E-state index contributed by atoms with van der Waals surface area (Å²) in [5.74, 6) is 1.07. The molecular formula is C13H18N4O2S. The number of hydrogen-bond acceptors (Lipinski definition) is 5. The van der Waals surface area contributed by atoms with E-state index in [1.807, 2.05) is 31.4 Å². The third-order valence-corrected chi connectivity index (χ3v) is 3.72. The average Bonchev–Trinajstić information content (AvgIpc) is 3.10. The van der Waals surface area contributed by atoms with E-state index >= 15 is 0 Å². The van der Waals surface area contributed by atoms with Gasteiger partial charge in [-0.05, 0) is 25.3 Å². The summed E-state index contributed by atoms with van der Waals surface area (Å²) in [5.41, 5.74) is 0. The van der Waals surface area contributed by atoms with Gasteiger partial charge >= 0.3 is 6.03 Å². The molecule has 0 fully saturated rings. The molecule has 0 aliphatic carbocycles. The van der Waals surface area contributed by atoms with Gasteiger partial charge in [-0.25, -0.2) is 4.79 Å².